The number of thioether (sulfide) groups is 1. The third-order valence-electron chi connectivity index (χ3n) is 9.40. The van der Waals surface area contributed by atoms with Crippen molar-refractivity contribution >= 4 is 11.8 Å². The van der Waals surface area contributed by atoms with Crippen molar-refractivity contribution in [2.45, 2.75) is 244 Å². The van der Waals surface area contributed by atoms with Crippen LogP contribution in [0.5, 0.6) is 0 Å². The maximum absolute atomic E-state index is 10.3. The molecule has 0 radical (unpaired) electrons. The fraction of sp³-hybridized carbons (Fsp3) is 1.00. The maximum atomic E-state index is 10.3. The lowest BCUT2D eigenvalue weighted by Gasteiger charge is -2.13. The Bertz CT molecular complexity index is 443. The summed E-state index contributed by atoms with van der Waals surface area (Å²) in [7, 11) is 0. The molecule has 0 heterocycles. The molecule has 2 nitrogen and oxygen atoms in total. The lowest BCUT2D eigenvalue weighted by atomic mass is 10.0. The van der Waals surface area contributed by atoms with Crippen molar-refractivity contribution < 1.29 is 10.2 Å². The van der Waals surface area contributed by atoms with Gasteiger partial charge in [-0.2, -0.15) is 11.8 Å². The Kier molecular flexibility index (Phi) is 38.7. The third-order valence-corrected chi connectivity index (χ3v) is 10.6. The molecular formula is C40H82O2S. The molecule has 0 amide bonds. The highest BCUT2D eigenvalue weighted by Gasteiger charge is 2.08. The van der Waals surface area contributed by atoms with Crippen molar-refractivity contribution in [3.05, 3.63) is 0 Å². The molecule has 260 valence electrons. The van der Waals surface area contributed by atoms with Crippen LogP contribution in [0.1, 0.15) is 232 Å². The van der Waals surface area contributed by atoms with E-state index in [0.717, 1.165) is 37.2 Å². The summed E-state index contributed by atoms with van der Waals surface area (Å²) in [5.74, 6) is 1.57. The van der Waals surface area contributed by atoms with Gasteiger partial charge in [0, 0.05) is 11.5 Å². The molecular weight excluding hydrogens is 545 g/mol. The molecule has 0 fully saturated rings. The summed E-state index contributed by atoms with van der Waals surface area (Å²) in [6.07, 6.45) is 46.0. The molecule has 0 aliphatic carbocycles. The molecule has 2 N–H and O–H groups in total. The van der Waals surface area contributed by atoms with Gasteiger partial charge < -0.3 is 10.2 Å². The smallest absolute Gasteiger partial charge is 0.0630 e. The van der Waals surface area contributed by atoms with Gasteiger partial charge in [0.15, 0.2) is 0 Å². The zero-order valence-corrected chi connectivity index (χ0v) is 30.7. The monoisotopic (exact) mass is 627 g/mol. The Hall–Kier alpha value is 0.270. The van der Waals surface area contributed by atoms with E-state index in [-0.39, 0.29) is 12.2 Å². The highest BCUT2D eigenvalue weighted by Crippen LogP contribution is 2.18. The van der Waals surface area contributed by atoms with Crippen molar-refractivity contribution in [2.75, 3.05) is 11.5 Å². The Morgan fingerprint density at radius 3 is 0.698 bits per heavy atom. The molecule has 3 heteroatoms. The van der Waals surface area contributed by atoms with Crippen LogP contribution in [0, 0.1) is 0 Å². The topological polar surface area (TPSA) is 40.5 Å². The average Bonchev–Trinajstić information content (AvgIpc) is 3.00. The molecule has 0 aliphatic rings. The van der Waals surface area contributed by atoms with E-state index >= 15 is 0 Å². The van der Waals surface area contributed by atoms with Crippen molar-refractivity contribution in [1.29, 1.82) is 0 Å². The molecule has 0 aliphatic heterocycles. The van der Waals surface area contributed by atoms with Crippen molar-refractivity contribution in [1.82, 2.24) is 0 Å². The van der Waals surface area contributed by atoms with Gasteiger partial charge in [0.05, 0.1) is 12.2 Å². The minimum atomic E-state index is -0.195. The van der Waals surface area contributed by atoms with Crippen LogP contribution in [0.25, 0.3) is 0 Å². The largest absolute Gasteiger partial charge is 0.392 e. The van der Waals surface area contributed by atoms with E-state index < -0.39 is 0 Å². The van der Waals surface area contributed by atoms with E-state index in [1.165, 1.54) is 193 Å². The van der Waals surface area contributed by atoms with Gasteiger partial charge in [0.1, 0.15) is 0 Å². The molecule has 2 unspecified atom stereocenters. The van der Waals surface area contributed by atoms with Gasteiger partial charge in [-0.05, 0) is 12.8 Å². The van der Waals surface area contributed by atoms with E-state index in [0.29, 0.717) is 0 Å². The standard InChI is InChI=1S/C40H82O2S/c1-3-5-7-9-11-13-15-17-19-21-23-25-27-29-31-33-35-39(41)37-43-38-40(42)36-34-32-30-28-26-24-22-20-18-16-14-12-10-8-6-4-2/h39-42H,3-38H2,1-2H3. The fourth-order valence-electron chi connectivity index (χ4n) is 6.36. The molecule has 0 saturated carbocycles. The quantitative estimate of drug-likeness (QED) is 0.0670. The molecule has 0 aromatic heterocycles. The number of aliphatic hydroxyl groups excluding tert-OH is 2. The number of unbranched alkanes of at least 4 members (excludes halogenated alkanes) is 30. The molecule has 0 aromatic carbocycles. The minimum Gasteiger partial charge on any atom is -0.392 e. The maximum Gasteiger partial charge on any atom is 0.0630 e. The Morgan fingerprint density at radius 2 is 0.488 bits per heavy atom. The summed E-state index contributed by atoms with van der Waals surface area (Å²) < 4.78 is 0. The predicted octanol–water partition coefficient (Wildman–Crippen LogP) is 13.7. The van der Waals surface area contributed by atoms with Crippen LogP contribution < -0.4 is 0 Å². The van der Waals surface area contributed by atoms with Crippen molar-refractivity contribution in [3.8, 4) is 0 Å². The third kappa shape index (κ3) is 38.4. The lowest BCUT2D eigenvalue weighted by Crippen LogP contribution is -2.14. The summed E-state index contributed by atoms with van der Waals surface area (Å²) >= 11 is 1.75. The number of hydrogen-bond acceptors (Lipinski definition) is 3. The van der Waals surface area contributed by atoms with Gasteiger partial charge in [0.2, 0.25) is 0 Å². The average molecular weight is 627 g/mol. The summed E-state index contributed by atoms with van der Waals surface area (Å²) in [5.41, 5.74) is 0. The van der Waals surface area contributed by atoms with Crippen LogP contribution in [0.4, 0.5) is 0 Å². The number of rotatable bonds is 38. The zero-order chi connectivity index (χ0) is 31.3. The summed E-state index contributed by atoms with van der Waals surface area (Å²) in [6, 6.07) is 0. The lowest BCUT2D eigenvalue weighted by molar-refractivity contribution is 0.179. The first-order valence-electron chi connectivity index (χ1n) is 20.1. The summed E-state index contributed by atoms with van der Waals surface area (Å²) in [4.78, 5) is 0. The van der Waals surface area contributed by atoms with Crippen LogP contribution in [0.3, 0.4) is 0 Å². The Balaban J connectivity index is 3.25. The molecule has 2 atom stereocenters. The van der Waals surface area contributed by atoms with E-state index in [4.69, 9.17) is 0 Å². The molecule has 43 heavy (non-hydrogen) atoms. The van der Waals surface area contributed by atoms with Gasteiger partial charge in [0.25, 0.3) is 0 Å². The van der Waals surface area contributed by atoms with Crippen LogP contribution in [-0.2, 0) is 0 Å². The second-order valence-corrected chi connectivity index (χ2v) is 15.1. The number of hydrogen-bond donors (Lipinski definition) is 2. The molecule has 0 saturated heterocycles. The molecule has 0 rings (SSSR count). The van der Waals surface area contributed by atoms with Crippen LogP contribution in [0.15, 0.2) is 0 Å². The van der Waals surface area contributed by atoms with Crippen LogP contribution in [0.2, 0.25) is 0 Å². The van der Waals surface area contributed by atoms with Crippen LogP contribution >= 0.6 is 11.8 Å². The normalized spacial score (nSPS) is 13.1. The van der Waals surface area contributed by atoms with E-state index in [9.17, 15) is 10.2 Å². The van der Waals surface area contributed by atoms with Gasteiger partial charge in [-0.3, -0.25) is 0 Å². The Labute approximate surface area is 277 Å². The second-order valence-electron chi connectivity index (χ2n) is 14.0. The van der Waals surface area contributed by atoms with Crippen molar-refractivity contribution in [3.63, 3.8) is 0 Å². The summed E-state index contributed by atoms with van der Waals surface area (Å²) in [5, 5.41) is 20.6. The highest BCUT2D eigenvalue weighted by atomic mass is 32.2. The first-order valence-corrected chi connectivity index (χ1v) is 21.3. The first kappa shape index (κ1) is 43.3. The summed E-state index contributed by atoms with van der Waals surface area (Å²) in [6.45, 7) is 4.59. The first-order chi connectivity index (χ1) is 21.2. The van der Waals surface area contributed by atoms with E-state index in [2.05, 4.69) is 13.8 Å². The molecule has 0 bridgehead atoms. The SMILES string of the molecule is CCCCCCCCCCCCCCCCCCC(O)CSCC(O)CCCCCCCCCCCCCCCCCC. The molecule has 0 spiro atoms. The minimum absolute atomic E-state index is 0.195. The van der Waals surface area contributed by atoms with Gasteiger partial charge in [-0.1, -0.05) is 219 Å². The van der Waals surface area contributed by atoms with Gasteiger partial charge in [-0.15, -0.1) is 0 Å². The molecule has 0 aromatic rings. The fourth-order valence-corrected chi connectivity index (χ4v) is 7.38. The second kappa shape index (κ2) is 38.5. The number of aliphatic hydroxyl groups is 2. The van der Waals surface area contributed by atoms with Crippen LogP contribution in [-0.4, -0.2) is 33.9 Å². The van der Waals surface area contributed by atoms with E-state index in [1.54, 1.807) is 11.8 Å². The van der Waals surface area contributed by atoms with Crippen molar-refractivity contribution in [2.24, 2.45) is 0 Å². The van der Waals surface area contributed by atoms with Gasteiger partial charge in [-0.25, -0.2) is 0 Å². The van der Waals surface area contributed by atoms with E-state index in [1.807, 2.05) is 0 Å². The Morgan fingerprint density at radius 1 is 0.302 bits per heavy atom. The zero-order valence-electron chi connectivity index (χ0n) is 29.9. The highest BCUT2D eigenvalue weighted by molar-refractivity contribution is 7.99. The predicted molar refractivity (Wildman–Crippen MR) is 198 cm³/mol. The van der Waals surface area contributed by atoms with Gasteiger partial charge >= 0.3 is 0 Å².